The first kappa shape index (κ1) is 32.0. The fourth-order valence-electron chi connectivity index (χ4n) is 4.51. The normalized spacial score (nSPS) is 10.7. The van der Waals surface area contributed by atoms with E-state index in [4.69, 9.17) is 4.74 Å². The van der Waals surface area contributed by atoms with Gasteiger partial charge in [0.05, 0.1) is 17.9 Å². The minimum Gasteiger partial charge on any atom is -1.00 e. The van der Waals surface area contributed by atoms with Gasteiger partial charge >= 0.3 is 0 Å². The molecular weight excluding hydrogens is 556 g/mol. The van der Waals surface area contributed by atoms with Gasteiger partial charge in [0.15, 0.2) is 6.20 Å². The Morgan fingerprint density at radius 3 is 2.11 bits per heavy atom. The molecule has 1 amide bonds. The highest BCUT2D eigenvalue weighted by Crippen LogP contribution is 2.19. The van der Waals surface area contributed by atoms with Crippen LogP contribution in [0, 0.1) is 6.92 Å². The second-order valence-corrected chi connectivity index (χ2v) is 11.4. The number of carbonyl (C=O) groups excluding carboxylic acids is 1. The largest absolute Gasteiger partial charge is 1.00 e. The zero-order chi connectivity index (χ0) is 26.1. The molecule has 3 aromatic rings. The Hall–Kier alpha value is -2.18. The molecular formula is C32H45BrN2O2S. The summed E-state index contributed by atoms with van der Waals surface area (Å²) in [5.74, 6) is 0.715. The lowest BCUT2D eigenvalue weighted by atomic mass is 10.1. The molecule has 0 bridgehead atoms. The summed E-state index contributed by atoms with van der Waals surface area (Å²) in [6.45, 7) is 5.10. The zero-order valence-electron chi connectivity index (χ0n) is 23.2. The third kappa shape index (κ3) is 12.6. The third-order valence-corrected chi connectivity index (χ3v) is 7.60. The number of aromatic nitrogens is 1. The lowest BCUT2D eigenvalue weighted by Crippen LogP contribution is -3.00. The van der Waals surface area contributed by atoms with Crippen LogP contribution in [0.4, 0.5) is 5.69 Å². The summed E-state index contributed by atoms with van der Waals surface area (Å²) in [6, 6.07) is 15.5. The minimum absolute atomic E-state index is 0. The molecule has 1 heterocycles. The molecule has 0 unspecified atom stereocenters. The number of ether oxygens (including phenoxy) is 1. The lowest BCUT2D eigenvalue weighted by Gasteiger charge is -2.09. The number of aromatic amines is 1. The molecule has 0 atom stereocenters. The Labute approximate surface area is 244 Å². The molecule has 4 nitrogen and oxygen atoms in total. The number of thiazole rings is 1. The molecule has 2 aromatic carbocycles. The molecule has 208 valence electrons. The number of nitrogens with one attached hydrogen (secondary N) is 2. The number of H-pyrrole nitrogens is 1. The van der Waals surface area contributed by atoms with Crippen LogP contribution < -0.4 is 32.0 Å². The first-order valence-electron chi connectivity index (χ1n) is 14.2. The van der Waals surface area contributed by atoms with Gasteiger partial charge in [-0.15, -0.1) is 0 Å². The number of unbranched alkanes of at least 4 members (excludes halogenated alkanes) is 11. The molecule has 0 spiro atoms. The van der Waals surface area contributed by atoms with Crippen molar-refractivity contribution in [1.29, 1.82) is 0 Å². The predicted molar refractivity (Wildman–Crippen MR) is 156 cm³/mol. The molecule has 0 saturated heterocycles. The van der Waals surface area contributed by atoms with Crippen LogP contribution >= 0.6 is 11.3 Å². The van der Waals surface area contributed by atoms with Gasteiger partial charge in [0, 0.05) is 11.3 Å². The monoisotopic (exact) mass is 600 g/mol. The van der Waals surface area contributed by atoms with Crippen molar-refractivity contribution in [2.24, 2.45) is 0 Å². The average molecular weight is 602 g/mol. The zero-order valence-corrected chi connectivity index (χ0v) is 25.6. The highest BCUT2D eigenvalue weighted by Gasteiger charge is 2.10. The maximum absolute atomic E-state index is 12.7. The van der Waals surface area contributed by atoms with Crippen LogP contribution in [-0.4, -0.2) is 12.5 Å². The Balaban J connectivity index is 0.00000507. The van der Waals surface area contributed by atoms with Crippen molar-refractivity contribution in [3.05, 3.63) is 75.7 Å². The number of halogens is 1. The molecule has 0 aliphatic carbocycles. The quantitative estimate of drug-likeness (QED) is 0.188. The SMILES string of the molecule is CCCCCCCCCCCCCCOc1ccc(C(=O)Nc2cccc(Cc3[nH+]cc(C)s3)c2)cc1.[Br-]. The van der Waals surface area contributed by atoms with Crippen molar-refractivity contribution in [3.8, 4) is 5.75 Å². The number of rotatable bonds is 18. The number of aryl methyl sites for hydroxylation is 1. The minimum atomic E-state index is -0.108. The van der Waals surface area contributed by atoms with Gasteiger partial charge in [-0.05, 0) is 55.3 Å². The van der Waals surface area contributed by atoms with E-state index in [2.05, 4.69) is 30.2 Å². The number of hydrogen-bond acceptors (Lipinski definition) is 3. The van der Waals surface area contributed by atoms with E-state index in [-0.39, 0.29) is 22.9 Å². The van der Waals surface area contributed by atoms with E-state index in [1.54, 1.807) is 11.3 Å². The van der Waals surface area contributed by atoms with E-state index < -0.39 is 0 Å². The van der Waals surface area contributed by atoms with Crippen LogP contribution in [0.5, 0.6) is 5.75 Å². The molecule has 1 aromatic heterocycles. The van der Waals surface area contributed by atoms with Crippen molar-refractivity contribution < 1.29 is 31.5 Å². The van der Waals surface area contributed by atoms with Gasteiger partial charge in [-0.1, -0.05) is 101 Å². The fourth-order valence-corrected chi connectivity index (χ4v) is 5.37. The van der Waals surface area contributed by atoms with E-state index in [1.165, 1.54) is 80.5 Å². The first-order valence-corrected chi connectivity index (χ1v) is 15.1. The summed E-state index contributed by atoms with van der Waals surface area (Å²) in [7, 11) is 0. The topological polar surface area (TPSA) is 52.5 Å². The van der Waals surface area contributed by atoms with E-state index >= 15 is 0 Å². The molecule has 0 aliphatic rings. The second kappa shape index (κ2) is 19.0. The van der Waals surface area contributed by atoms with Gasteiger partial charge in [0.1, 0.15) is 5.75 Å². The van der Waals surface area contributed by atoms with E-state index in [0.717, 1.165) is 36.4 Å². The summed E-state index contributed by atoms with van der Waals surface area (Å²) in [5, 5.41) is 4.23. The van der Waals surface area contributed by atoms with Crippen molar-refractivity contribution >= 4 is 22.9 Å². The van der Waals surface area contributed by atoms with Gasteiger partial charge in [-0.2, -0.15) is 0 Å². The Morgan fingerprint density at radius 2 is 1.50 bits per heavy atom. The van der Waals surface area contributed by atoms with Gasteiger partial charge in [-0.3, -0.25) is 4.79 Å². The van der Waals surface area contributed by atoms with Crippen molar-refractivity contribution in [2.75, 3.05) is 11.9 Å². The number of benzene rings is 2. The third-order valence-electron chi connectivity index (χ3n) is 6.65. The maximum Gasteiger partial charge on any atom is 0.255 e. The highest BCUT2D eigenvalue weighted by molar-refractivity contribution is 7.11. The van der Waals surface area contributed by atoms with E-state index in [1.807, 2.05) is 48.7 Å². The number of carbonyl (C=O) groups is 1. The average Bonchev–Trinajstić information content (AvgIpc) is 3.31. The molecule has 0 radical (unpaired) electrons. The smallest absolute Gasteiger partial charge is 0.255 e. The summed E-state index contributed by atoms with van der Waals surface area (Å²) in [4.78, 5) is 17.3. The van der Waals surface area contributed by atoms with Crippen LogP contribution in [0.3, 0.4) is 0 Å². The molecule has 6 heteroatoms. The maximum atomic E-state index is 12.7. The standard InChI is InChI=1S/C32H44N2O2S.BrH/c1-3-4-5-6-7-8-9-10-11-12-13-14-22-36-30-20-18-28(19-21-30)32(35)34-29-17-15-16-27(23-29)24-31-33-25-26(2)37-31;/h15-21,23,25H,3-14,22,24H2,1-2H3,(H,34,35);1H. The second-order valence-electron chi connectivity index (χ2n) is 10.0. The Morgan fingerprint density at radius 1 is 0.868 bits per heavy atom. The molecule has 0 saturated carbocycles. The number of amides is 1. The van der Waals surface area contributed by atoms with Crippen LogP contribution in [0.2, 0.25) is 0 Å². The molecule has 2 N–H and O–H groups in total. The lowest BCUT2D eigenvalue weighted by molar-refractivity contribution is -0.381. The molecule has 38 heavy (non-hydrogen) atoms. The first-order chi connectivity index (χ1) is 18.1. The van der Waals surface area contributed by atoms with Gasteiger partial charge in [0.2, 0.25) is 5.01 Å². The van der Waals surface area contributed by atoms with E-state index in [0.29, 0.717) is 5.56 Å². The van der Waals surface area contributed by atoms with Crippen LogP contribution in [-0.2, 0) is 6.42 Å². The van der Waals surface area contributed by atoms with Crippen LogP contribution in [0.25, 0.3) is 0 Å². The van der Waals surface area contributed by atoms with Crippen molar-refractivity contribution in [1.82, 2.24) is 0 Å². The number of hydrogen-bond donors (Lipinski definition) is 1. The van der Waals surface area contributed by atoms with Crippen molar-refractivity contribution in [3.63, 3.8) is 0 Å². The summed E-state index contributed by atoms with van der Waals surface area (Å²) in [5.41, 5.74) is 2.60. The summed E-state index contributed by atoms with van der Waals surface area (Å²) in [6.07, 6.45) is 18.9. The number of anilines is 1. The molecule has 0 aliphatic heterocycles. The Kier molecular flexibility index (Phi) is 16.0. The molecule has 0 fully saturated rings. The summed E-state index contributed by atoms with van der Waals surface area (Å²) >= 11 is 1.76. The Bertz CT molecular complexity index is 1050. The van der Waals surface area contributed by atoms with Gasteiger partial charge in [0.25, 0.3) is 5.91 Å². The summed E-state index contributed by atoms with van der Waals surface area (Å²) < 4.78 is 5.89. The van der Waals surface area contributed by atoms with Gasteiger partial charge < -0.3 is 27.0 Å². The predicted octanol–water partition coefficient (Wildman–Crippen LogP) is 5.80. The highest BCUT2D eigenvalue weighted by atomic mass is 79.9. The van der Waals surface area contributed by atoms with E-state index in [9.17, 15) is 4.79 Å². The van der Waals surface area contributed by atoms with Crippen LogP contribution in [0.15, 0.2) is 54.7 Å². The van der Waals surface area contributed by atoms with Gasteiger partial charge in [-0.25, -0.2) is 4.98 Å². The van der Waals surface area contributed by atoms with Crippen LogP contribution in [0.1, 0.15) is 110 Å². The molecule has 3 rings (SSSR count). The van der Waals surface area contributed by atoms with Crippen molar-refractivity contribution in [2.45, 2.75) is 97.3 Å². The fraction of sp³-hybridized carbons (Fsp3) is 0.500.